The topological polar surface area (TPSA) is 0 Å². The first-order valence-electron chi connectivity index (χ1n) is 10.7. The van der Waals surface area contributed by atoms with Crippen molar-refractivity contribution in [2.75, 3.05) is 0 Å². The van der Waals surface area contributed by atoms with Crippen molar-refractivity contribution in [1.82, 2.24) is 0 Å². The molecular weight excluding hydrogens is 348 g/mol. The van der Waals surface area contributed by atoms with Crippen LogP contribution in [0.5, 0.6) is 0 Å². The lowest BCUT2D eigenvalue weighted by Gasteiger charge is -2.18. The zero-order valence-electron chi connectivity index (χ0n) is 17.0. The van der Waals surface area contributed by atoms with Gasteiger partial charge in [-0.15, -0.1) is 0 Å². The molecule has 0 fully saturated rings. The molecule has 0 bridgehead atoms. The van der Waals surface area contributed by atoms with Gasteiger partial charge in [-0.05, 0) is 81.6 Å². The molecule has 0 heteroatoms. The Hall–Kier alpha value is -3.12. The van der Waals surface area contributed by atoms with Gasteiger partial charge in [0.05, 0.1) is 0 Å². The Morgan fingerprint density at radius 2 is 1.14 bits per heavy atom. The van der Waals surface area contributed by atoms with Crippen LogP contribution in [0.25, 0.3) is 32.3 Å². The van der Waals surface area contributed by atoms with Gasteiger partial charge < -0.3 is 0 Å². The Kier molecular flexibility index (Phi) is 4.77. The van der Waals surface area contributed by atoms with Crippen LogP contribution in [-0.4, -0.2) is 0 Å². The van der Waals surface area contributed by atoms with Crippen molar-refractivity contribution in [1.29, 1.82) is 0 Å². The van der Waals surface area contributed by atoms with Crippen LogP contribution < -0.4 is 0 Å². The second kappa shape index (κ2) is 7.72. The van der Waals surface area contributed by atoms with Crippen LogP contribution in [0.3, 0.4) is 0 Å². The van der Waals surface area contributed by atoms with E-state index in [2.05, 4.69) is 97.9 Å². The van der Waals surface area contributed by atoms with Crippen LogP contribution in [0.2, 0.25) is 0 Å². The van der Waals surface area contributed by atoms with Gasteiger partial charge in [0.2, 0.25) is 0 Å². The van der Waals surface area contributed by atoms with Crippen LogP contribution in [-0.2, 0) is 12.8 Å². The monoisotopic (exact) mass is 374 g/mol. The summed E-state index contributed by atoms with van der Waals surface area (Å²) in [5, 5.41) is 8.33. The lowest BCUT2D eigenvalue weighted by atomic mass is 9.86. The second-order valence-electron chi connectivity index (χ2n) is 8.09. The third-order valence-electron chi connectivity index (χ3n) is 6.27. The predicted molar refractivity (Wildman–Crippen MR) is 127 cm³/mol. The molecule has 1 aliphatic rings. The van der Waals surface area contributed by atoms with Crippen molar-refractivity contribution in [3.8, 4) is 0 Å². The molecule has 6 rings (SSSR count). The van der Waals surface area contributed by atoms with Crippen molar-refractivity contribution in [3.63, 3.8) is 0 Å². The van der Waals surface area contributed by atoms with Gasteiger partial charge in [0.25, 0.3) is 0 Å². The minimum atomic E-state index is 1.25. The van der Waals surface area contributed by atoms with Gasteiger partial charge >= 0.3 is 0 Å². The van der Waals surface area contributed by atoms with Crippen molar-refractivity contribution >= 4 is 32.3 Å². The third-order valence-corrected chi connectivity index (χ3v) is 6.27. The molecule has 0 spiro atoms. The summed E-state index contributed by atoms with van der Waals surface area (Å²) in [6, 6.07) is 32.8. The van der Waals surface area contributed by atoms with E-state index in [0.717, 1.165) is 0 Å². The first-order chi connectivity index (χ1) is 14.3. The summed E-state index contributed by atoms with van der Waals surface area (Å²) in [5.41, 5.74) is 4.52. The molecule has 5 aromatic carbocycles. The second-order valence-corrected chi connectivity index (χ2v) is 8.09. The highest BCUT2D eigenvalue weighted by Gasteiger charge is 2.13. The number of benzene rings is 5. The summed E-state index contributed by atoms with van der Waals surface area (Å²) in [7, 11) is 0. The van der Waals surface area contributed by atoms with Crippen LogP contribution >= 0.6 is 0 Å². The molecule has 1 aliphatic carbocycles. The van der Waals surface area contributed by atoms with E-state index in [4.69, 9.17) is 0 Å². The Labute approximate surface area is 172 Å². The largest absolute Gasteiger partial charge is 0.0616 e. The minimum Gasteiger partial charge on any atom is -0.0616 e. The molecule has 0 saturated carbocycles. The molecule has 0 radical (unpaired) electrons. The number of hydrogen-bond acceptors (Lipinski definition) is 0. The summed E-state index contributed by atoms with van der Waals surface area (Å²) >= 11 is 0. The van der Waals surface area contributed by atoms with Gasteiger partial charge in [0, 0.05) is 0 Å². The maximum atomic E-state index is 2.35. The molecule has 142 valence electrons. The van der Waals surface area contributed by atoms with E-state index in [-0.39, 0.29) is 0 Å². The maximum Gasteiger partial charge on any atom is -0.0102 e. The third kappa shape index (κ3) is 3.40. The average molecular weight is 375 g/mol. The van der Waals surface area contributed by atoms with E-state index in [1.165, 1.54) is 63.6 Å². The molecule has 0 heterocycles. The quantitative estimate of drug-likeness (QED) is 0.241. The number of fused-ring (bicyclic) bond motifs is 6. The number of rotatable bonds is 0. The lowest BCUT2D eigenvalue weighted by molar-refractivity contribution is 0.690. The summed E-state index contributed by atoms with van der Waals surface area (Å²) < 4.78 is 0. The molecule has 0 aromatic heterocycles. The van der Waals surface area contributed by atoms with Crippen molar-refractivity contribution < 1.29 is 0 Å². The summed E-state index contributed by atoms with van der Waals surface area (Å²) in [6.45, 7) is 2.14. The highest BCUT2D eigenvalue weighted by molar-refractivity contribution is 6.08. The van der Waals surface area contributed by atoms with E-state index in [1.54, 1.807) is 11.1 Å². The van der Waals surface area contributed by atoms with Crippen molar-refractivity contribution in [2.45, 2.75) is 32.6 Å². The molecule has 0 nitrogen and oxygen atoms in total. The van der Waals surface area contributed by atoms with Gasteiger partial charge in [-0.25, -0.2) is 0 Å². The summed E-state index contributed by atoms with van der Waals surface area (Å²) in [4.78, 5) is 0. The van der Waals surface area contributed by atoms with Gasteiger partial charge in [0.1, 0.15) is 0 Å². The molecule has 0 atom stereocenters. The highest BCUT2D eigenvalue weighted by Crippen LogP contribution is 2.33. The SMILES string of the molecule is Cc1cccc2ccccc12.c1ccc2c(c1)ccc1c3c(ccc12)CCCC3. The highest BCUT2D eigenvalue weighted by atomic mass is 14.2. The molecule has 0 unspecified atom stereocenters. The van der Waals surface area contributed by atoms with Crippen LogP contribution in [0.15, 0.2) is 91.0 Å². The summed E-state index contributed by atoms with van der Waals surface area (Å²) in [6.07, 6.45) is 5.22. The van der Waals surface area contributed by atoms with Gasteiger partial charge in [-0.3, -0.25) is 0 Å². The van der Waals surface area contributed by atoms with E-state index in [0.29, 0.717) is 0 Å². The number of aryl methyl sites for hydroxylation is 3. The van der Waals surface area contributed by atoms with E-state index in [9.17, 15) is 0 Å². The lowest BCUT2D eigenvalue weighted by Crippen LogP contribution is -2.02. The van der Waals surface area contributed by atoms with Gasteiger partial charge in [-0.1, -0.05) is 91.0 Å². The van der Waals surface area contributed by atoms with Crippen LogP contribution in [0.4, 0.5) is 0 Å². The zero-order valence-corrected chi connectivity index (χ0v) is 17.0. The van der Waals surface area contributed by atoms with Crippen molar-refractivity contribution in [2.24, 2.45) is 0 Å². The fraction of sp³-hybridized carbons (Fsp3) is 0.172. The van der Waals surface area contributed by atoms with Crippen LogP contribution in [0.1, 0.15) is 29.5 Å². The Bertz CT molecular complexity index is 1300. The first-order valence-corrected chi connectivity index (χ1v) is 10.7. The molecule has 0 amide bonds. The molecule has 0 aliphatic heterocycles. The van der Waals surface area contributed by atoms with Crippen molar-refractivity contribution in [3.05, 3.63) is 108 Å². The number of hydrogen-bond donors (Lipinski definition) is 0. The van der Waals surface area contributed by atoms with E-state index >= 15 is 0 Å². The molecule has 0 N–H and O–H groups in total. The Balaban J connectivity index is 0.000000142. The fourth-order valence-electron chi connectivity index (χ4n) is 4.73. The Morgan fingerprint density at radius 1 is 0.483 bits per heavy atom. The smallest absolute Gasteiger partial charge is 0.0102 e. The summed E-state index contributed by atoms with van der Waals surface area (Å²) in [5.74, 6) is 0. The van der Waals surface area contributed by atoms with Crippen LogP contribution in [0, 0.1) is 6.92 Å². The standard InChI is InChI=1S/C18H16.C11H10/c1-3-7-15-13(5-1)9-11-18-16-8-4-2-6-14(16)10-12-17(15)18;1-9-5-4-7-10-6-2-3-8-11(9)10/h1,3,5,7,9-12H,2,4,6,8H2;2-8H,1H3. The van der Waals surface area contributed by atoms with E-state index < -0.39 is 0 Å². The fourth-order valence-corrected chi connectivity index (χ4v) is 4.73. The molecule has 29 heavy (non-hydrogen) atoms. The van der Waals surface area contributed by atoms with E-state index in [1.807, 2.05) is 0 Å². The maximum absolute atomic E-state index is 2.35. The Morgan fingerprint density at radius 3 is 1.97 bits per heavy atom. The zero-order chi connectivity index (χ0) is 19.6. The molecule has 0 saturated heterocycles. The predicted octanol–water partition coefficient (Wildman–Crippen LogP) is 8.02. The molecular formula is C29H26. The van der Waals surface area contributed by atoms with Gasteiger partial charge in [-0.2, -0.15) is 0 Å². The van der Waals surface area contributed by atoms with Gasteiger partial charge in [0.15, 0.2) is 0 Å². The normalized spacial score (nSPS) is 13.1. The average Bonchev–Trinajstić information content (AvgIpc) is 2.79. The molecule has 5 aromatic rings. The minimum absolute atomic E-state index is 1.25. The first kappa shape index (κ1) is 17.9.